The second-order valence-electron chi connectivity index (χ2n) is 9.86. The highest BCUT2D eigenvalue weighted by Crippen LogP contribution is 2.26. The number of rotatable bonds is 12. The highest BCUT2D eigenvalue weighted by molar-refractivity contribution is 5.88. The van der Waals surface area contributed by atoms with E-state index in [1.807, 2.05) is 66.7 Å². The van der Waals surface area contributed by atoms with Crippen LogP contribution in [0.5, 0.6) is 17.2 Å². The van der Waals surface area contributed by atoms with Crippen molar-refractivity contribution in [3.05, 3.63) is 90.0 Å². The number of methoxy groups -OCH3 is 2. The number of ether oxygens (including phenoxy) is 3. The minimum absolute atomic E-state index is 0.128. The predicted molar refractivity (Wildman–Crippen MR) is 151 cm³/mol. The van der Waals surface area contributed by atoms with Crippen LogP contribution in [0.1, 0.15) is 43.2 Å². The van der Waals surface area contributed by atoms with Crippen LogP contribution in [0.25, 0.3) is 0 Å². The van der Waals surface area contributed by atoms with Crippen molar-refractivity contribution in [3.63, 3.8) is 0 Å². The van der Waals surface area contributed by atoms with Gasteiger partial charge in [0.1, 0.15) is 11.8 Å². The van der Waals surface area contributed by atoms with Gasteiger partial charge in [0.15, 0.2) is 18.1 Å². The van der Waals surface area contributed by atoms with Crippen molar-refractivity contribution in [1.82, 2.24) is 10.2 Å². The monoisotopic (exact) mass is 530 g/mol. The molecule has 1 aliphatic rings. The molecule has 1 aliphatic carbocycles. The molecule has 0 saturated heterocycles. The summed E-state index contributed by atoms with van der Waals surface area (Å²) >= 11 is 0. The third-order valence-electron chi connectivity index (χ3n) is 7.13. The summed E-state index contributed by atoms with van der Waals surface area (Å²) in [5, 5.41) is 3.26. The van der Waals surface area contributed by atoms with Crippen LogP contribution in [0.4, 0.5) is 0 Å². The third-order valence-corrected chi connectivity index (χ3v) is 7.13. The van der Waals surface area contributed by atoms with Gasteiger partial charge in [-0.25, -0.2) is 0 Å². The quantitative estimate of drug-likeness (QED) is 0.350. The second kappa shape index (κ2) is 14.2. The zero-order valence-electron chi connectivity index (χ0n) is 22.8. The van der Waals surface area contributed by atoms with Crippen LogP contribution in [0.15, 0.2) is 78.9 Å². The molecule has 39 heavy (non-hydrogen) atoms. The van der Waals surface area contributed by atoms with Crippen LogP contribution in [-0.2, 0) is 22.6 Å². The van der Waals surface area contributed by atoms with Crippen LogP contribution >= 0.6 is 0 Å². The normalized spacial score (nSPS) is 14.2. The number of nitrogens with zero attached hydrogens (tertiary/aromatic N) is 1. The van der Waals surface area contributed by atoms with Crippen LogP contribution in [0.2, 0.25) is 0 Å². The SMILES string of the molecule is COc1cccc(CN(C(=O)COc2ccccc2OC)[C@H](Cc2ccccc2)C(=O)NC2CCCCC2)c1. The van der Waals surface area contributed by atoms with Crippen LogP contribution < -0.4 is 19.5 Å². The van der Waals surface area contributed by atoms with Crippen molar-refractivity contribution < 1.29 is 23.8 Å². The molecule has 1 N–H and O–H groups in total. The number of hydrogen-bond donors (Lipinski definition) is 1. The standard InChI is InChI=1S/C32H38N2O5/c1-37-27-17-11-14-25(20-27)22-34(31(35)23-39-30-19-10-9-18-29(30)38-2)28(21-24-12-5-3-6-13-24)32(36)33-26-15-7-4-8-16-26/h3,5-6,9-14,17-20,26,28H,4,7-8,15-16,21-23H2,1-2H3,(H,33,36)/t28-/m1/s1. The maximum Gasteiger partial charge on any atom is 0.261 e. The first-order valence-electron chi connectivity index (χ1n) is 13.6. The van der Waals surface area contributed by atoms with E-state index in [2.05, 4.69) is 5.32 Å². The van der Waals surface area contributed by atoms with E-state index in [9.17, 15) is 9.59 Å². The first-order valence-corrected chi connectivity index (χ1v) is 13.6. The number of hydrogen-bond acceptors (Lipinski definition) is 5. The van der Waals surface area contributed by atoms with E-state index in [0.717, 1.165) is 36.8 Å². The van der Waals surface area contributed by atoms with Gasteiger partial charge in [-0.2, -0.15) is 0 Å². The number of carbonyl (C=O) groups is 2. The molecule has 1 fully saturated rings. The summed E-state index contributed by atoms with van der Waals surface area (Å²) in [4.78, 5) is 29.3. The Bertz CT molecular complexity index is 1210. The number of nitrogens with one attached hydrogen (secondary N) is 1. The molecule has 4 rings (SSSR count). The van der Waals surface area contributed by atoms with Gasteiger partial charge in [0.05, 0.1) is 14.2 Å². The molecule has 0 radical (unpaired) electrons. The molecule has 0 heterocycles. The maximum absolute atomic E-state index is 13.9. The molecule has 0 aliphatic heterocycles. The maximum atomic E-state index is 13.9. The van der Waals surface area contributed by atoms with Gasteiger partial charge in [0, 0.05) is 19.0 Å². The smallest absolute Gasteiger partial charge is 0.261 e. The molecule has 3 aromatic rings. The van der Waals surface area contributed by atoms with Gasteiger partial charge in [-0.1, -0.05) is 73.9 Å². The van der Waals surface area contributed by atoms with Gasteiger partial charge in [0.2, 0.25) is 5.91 Å². The van der Waals surface area contributed by atoms with Gasteiger partial charge in [-0.3, -0.25) is 9.59 Å². The zero-order valence-corrected chi connectivity index (χ0v) is 22.8. The Morgan fingerprint density at radius 2 is 1.54 bits per heavy atom. The molecular weight excluding hydrogens is 492 g/mol. The summed E-state index contributed by atoms with van der Waals surface area (Å²) in [5.41, 5.74) is 1.85. The number of para-hydroxylation sites is 2. The van der Waals surface area contributed by atoms with Crippen molar-refractivity contribution in [2.45, 2.75) is 57.2 Å². The molecule has 0 unspecified atom stereocenters. The fraction of sp³-hybridized carbons (Fsp3) is 0.375. The van der Waals surface area contributed by atoms with Crippen molar-refractivity contribution in [3.8, 4) is 17.2 Å². The Hall–Kier alpha value is -4.00. The van der Waals surface area contributed by atoms with E-state index in [-0.39, 0.29) is 31.0 Å². The largest absolute Gasteiger partial charge is 0.497 e. The Balaban J connectivity index is 1.63. The highest BCUT2D eigenvalue weighted by Gasteiger charge is 2.32. The molecule has 0 aromatic heterocycles. The number of amides is 2. The number of benzene rings is 3. The molecule has 7 heteroatoms. The van der Waals surface area contributed by atoms with E-state index in [1.54, 1.807) is 31.3 Å². The van der Waals surface area contributed by atoms with E-state index in [4.69, 9.17) is 14.2 Å². The van der Waals surface area contributed by atoms with Crippen molar-refractivity contribution in [1.29, 1.82) is 0 Å². The Labute approximate surface area is 231 Å². The summed E-state index contributed by atoms with van der Waals surface area (Å²) in [7, 11) is 3.17. The van der Waals surface area contributed by atoms with Gasteiger partial charge in [-0.15, -0.1) is 0 Å². The molecule has 206 valence electrons. The lowest BCUT2D eigenvalue weighted by molar-refractivity contribution is -0.143. The number of carbonyl (C=O) groups excluding carboxylic acids is 2. The lowest BCUT2D eigenvalue weighted by Crippen LogP contribution is -2.53. The average molecular weight is 531 g/mol. The van der Waals surface area contributed by atoms with Gasteiger partial charge in [0.25, 0.3) is 5.91 Å². The van der Waals surface area contributed by atoms with Crippen molar-refractivity contribution in [2.75, 3.05) is 20.8 Å². The first-order chi connectivity index (χ1) is 19.1. The zero-order chi connectivity index (χ0) is 27.5. The Kier molecular flexibility index (Phi) is 10.2. The highest BCUT2D eigenvalue weighted by atomic mass is 16.5. The molecule has 2 amide bonds. The second-order valence-corrected chi connectivity index (χ2v) is 9.86. The minimum atomic E-state index is -0.714. The third kappa shape index (κ3) is 7.99. The molecular formula is C32H38N2O5. The summed E-state index contributed by atoms with van der Waals surface area (Å²) in [6, 6.07) is 24.0. The minimum Gasteiger partial charge on any atom is -0.497 e. The summed E-state index contributed by atoms with van der Waals surface area (Å²) < 4.78 is 16.7. The topological polar surface area (TPSA) is 77.1 Å². The summed E-state index contributed by atoms with van der Waals surface area (Å²) in [6.45, 7) is 0.00719. The molecule has 0 spiro atoms. The van der Waals surface area contributed by atoms with Crippen LogP contribution in [0, 0.1) is 0 Å². The average Bonchev–Trinajstić information content (AvgIpc) is 2.99. The van der Waals surface area contributed by atoms with Gasteiger partial charge in [-0.05, 0) is 48.2 Å². The summed E-state index contributed by atoms with van der Waals surface area (Å²) in [6.07, 6.45) is 5.72. The Morgan fingerprint density at radius 1 is 0.846 bits per heavy atom. The van der Waals surface area contributed by atoms with Crippen molar-refractivity contribution >= 4 is 11.8 Å². The molecule has 3 aromatic carbocycles. The molecule has 1 saturated carbocycles. The fourth-order valence-corrected chi connectivity index (χ4v) is 5.03. The van der Waals surface area contributed by atoms with E-state index in [1.165, 1.54) is 6.42 Å². The van der Waals surface area contributed by atoms with Crippen LogP contribution in [0.3, 0.4) is 0 Å². The fourth-order valence-electron chi connectivity index (χ4n) is 5.03. The van der Waals surface area contributed by atoms with E-state index in [0.29, 0.717) is 23.7 Å². The lowest BCUT2D eigenvalue weighted by Gasteiger charge is -2.33. The lowest BCUT2D eigenvalue weighted by atomic mass is 9.94. The van der Waals surface area contributed by atoms with E-state index >= 15 is 0 Å². The van der Waals surface area contributed by atoms with Gasteiger partial charge >= 0.3 is 0 Å². The van der Waals surface area contributed by atoms with E-state index < -0.39 is 6.04 Å². The predicted octanol–water partition coefficient (Wildman–Crippen LogP) is 5.17. The molecule has 7 nitrogen and oxygen atoms in total. The van der Waals surface area contributed by atoms with Gasteiger partial charge < -0.3 is 24.4 Å². The first kappa shape index (κ1) is 28.0. The summed E-state index contributed by atoms with van der Waals surface area (Å²) in [5.74, 6) is 1.28. The molecule has 0 bridgehead atoms. The molecule has 1 atom stereocenters. The van der Waals surface area contributed by atoms with Crippen LogP contribution in [-0.4, -0.2) is 49.6 Å². The Morgan fingerprint density at radius 3 is 2.26 bits per heavy atom. The van der Waals surface area contributed by atoms with Crippen molar-refractivity contribution in [2.24, 2.45) is 0 Å².